The Labute approximate surface area is 125 Å². The molecule has 0 aliphatic heterocycles. The van der Waals surface area contributed by atoms with Crippen molar-refractivity contribution in [3.8, 4) is 11.5 Å². The van der Waals surface area contributed by atoms with Gasteiger partial charge in [0, 0.05) is 5.56 Å². The number of ketones is 1. The molecule has 0 aliphatic rings. The van der Waals surface area contributed by atoms with Crippen LogP contribution in [0, 0.1) is 0 Å². The Morgan fingerprint density at radius 3 is 2.35 bits per heavy atom. The molecule has 0 bridgehead atoms. The lowest BCUT2D eigenvalue weighted by Gasteiger charge is -2.00. The largest absolute Gasteiger partial charge is 0.504 e. The van der Waals surface area contributed by atoms with Crippen molar-refractivity contribution in [1.29, 1.82) is 0 Å². The van der Waals surface area contributed by atoms with Gasteiger partial charge in [0.1, 0.15) is 0 Å². The van der Waals surface area contributed by atoms with E-state index in [-0.39, 0.29) is 22.8 Å². The van der Waals surface area contributed by atoms with E-state index in [1.807, 2.05) is 0 Å². The number of benzene rings is 2. The molecule has 20 heavy (non-hydrogen) atoms. The fraction of sp³-hybridized carbons (Fsp3) is 0. The molecule has 2 aromatic carbocycles. The summed E-state index contributed by atoms with van der Waals surface area (Å²) in [6.07, 6.45) is 2.94. The zero-order valence-corrected chi connectivity index (χ0v) is 11.7. The topological polar surface area (TPSA) is 57.5 Å². The summed E-state index contributed by atoms with van der Waals surface area (Å²) in [7, 11) is 0. The minimum Gasteiger partial charge on any atom is -0.504 e. The fourth-order valence-electron chi connectivity index (χ4n) is 1.56. The van der Waals surface area contributed by atoms with E-state index in [2.05, 4.69) is 0 Å². The second-order valence-corrected chi connectivity index (χ2v) is 4.89. The van der Waals surface area contributed by atoms with Gasteiger partial charge < -0.3 is 10.2 Å². The first kappa shape index (κ1) is 14.4. The van der Waals surface area contributed by atoms with Gasteiger partial charge in [0.15, 0.2) is 17.3 Å². The van der Waals surface area contributed by atoms with Crippen LogP contribution in [0.3, 0.4) is 0 Å². The molecule has 2 N–H and O–H groups in total. The molecule has 0 radical (unpaired) electrons. The average Bonchev–Trinajstić information content (AvgIpc) is 2.43. The molecular formula is C15H10Cl2O3. The molecule has 0 amide bonds. The van der Waals surface area contributed by atoms with Crippen molar-refractivity contribution in [3.05, 3.63) is 63.6 Å². The molecule has 3 nitrogen and oxygen atoms in total. The molecule has 0 atom stereocenters. The van der Waals surface area contributed by atoms with Crippen molar-refractivity contribution in [3.63, 3.8) is 0 Å². The Bertz CT molecular complexity index is 694. The monoisotopic (exact) mass is 308 g/mol. The summed E-state index contributed by atoms with van der Waals surface area (Å²) in [6.45, 7) is 0. The van der Waals surface area contributed by atoms with Crippen molar-refractivity contribution >= 4 is 35.1 Å². The van der Waals surface area contributed by atoms with E-state index in [1.165, 1.54) is 24.3 Å². The first-order chi connectivity index (χ1) is 9.47. The normalized spacial score (nSPS) is 10.9. The number of phenolic OH excluding ortho intramolecular Hbond substituents is 2. The van der Waals surface area contributed by atoms with Crippen LogP contribution in [0.2, 0.25) is 10.0 Å². The number of hydrogen-bond donors (Lipinski definition) is 2. The lowest BCUT2D eigenvalue weighted by Crippen LogP contribution is -1.93. The number of aromatic hydroxyl groups is 2. The zero-order chi connectivity index (χ0) is 14.7. The van der Waals surface area contributed by atoms with Gasteiger partial charge in [-0.25, -0.2) is 0 Å². The Morgan fingerprint density at radius 2 is 1.70 bits per heavy atom. The average molecular weight is 309 g/mol. The Balaban J connectivity index is 2.19. The van der Waals surface area contributed by atoms with Crippen LogP contribution in [0.15, 0.2) is 42.5 Å². The summed E-state index contributed by atoms with van der Waals surface area (Å²) in [5, 5.41) is 19.4. The van der Waals surface area contributed by atoms with Crippen LogP contribution in [-0.2, 0) is 0 Å². The quantitative estimate of drug-likeness (QED) is 0.505. The lowest BCUT2D eigenvalue weighted by atomic mass is 10.1. The van der Waals surface area contributed by atoms with Crippen molar-refractivity contribution in [1.82, 2.24) is 0 Å². The second kappa shape index (κ2) is 5.99. The van der Waals surface area contributed by atoms with Gasteiger partial charge in [0.25, 0.3) is 0 Å². The van der Waals surface area contributed by atoms with E-state index in [0.29, 0.717) is 10.0 Å². The zero-order valence-electron chi connectivity index (χ0n) is 10.2. The molecule has 0 spiro atoms. The molecule has 0 fully saturated rings. The first-order valence-corrected chi connectivity index (χ1v) is 6.42. The van der Waals surface area contributed by atoms with Gasteiger partial charge in [-0.1, -0.05) is 35.3 Å². The molecule has 5 heteroatoms. The second-order valence-electron chi connectivity index (χ2n) is 4.07. The third-order valence-corrected chi connectivity index (χ3v) is 3.37. The Morgan fingerprint density at radius 1 is 0.950 bits per heavy atom. The van der Waals surface area contributed by atoms with Gasteiger partial charge in [0.2, 0.25) is 0 Å². The van der Waals surface area contributed by atoms with Crippen LogP contribution < -0.4 is 0 Å². The van der Waals surface area contributed by atoms with E-state index >= 15 is 0 Å². The van der Waals surface area contributed by atoms with Crippen LogP contribution in [0.5, 0.6) is 11.5 Å². The predicted octanol–water partition coefficient (Wildman–Crippen LogP) is 4.30. The van der Waals surface area contributed by atoms with Crippen molar-refractivity contribution < 1.29 is 15.0 Å². The van der Waals surface area contributed by atoms with Gasteiger partial charge in [-0.3, -0.25) is 4.79 Å². The number of carbonyl (C=O) groups is 1. The summed E-state index contributed by atoms with van der Waals surface area (Å²) < 4.78 is 0. The highest BCUT2D eigenvalue weighted by atomic mass is 35.5. The highest BCUT2D eigenvalue weighted by molar-refractivity contribution is 6.42. The first-order valence-electron chi connectivity index (χ1n) is 5.67. The molecule has 2 aromatic rings. The molecule has 2 rings (SSSR count). The lowest BCUT2D eigenvalue weighted by molar-refractivity contribution is 0.104. The molecule has 102 valence electrons. The van der Waals surface area contributed by atoms with E-state index < -0.39 is 0 Å². The maximum Gasteiger partial charge on any atom is 0.185 e. The SMILES string of the molecule is O=C(/C=C/c1ccc(Cl)c(Cl)c1)c1ccc(O)c(O)c1. The summed E-state index contributed by atoms with van der Waals surface area (Å²) in [4.78, 5) is 11.9. The molecule has 0 saturated carbocycles. The van der Waals surface area contributed by atoms with Crippen LogP contribution in [0.1, 0.15) is 15.9 Å². The third-order valence-electron chi connectivity index (χ3n) is 2.63. The molecule has 0 unspecified atom stereocenters. The minimum atomic E-state index is -0.334. The van der Waals surface area contributed by atoms with Gasteiger partial charge in [0.05, 0.1) is 10.0 Å². The summed E-state index contributed by atoms with van der Waals surface area (Å²) in [5.74, 6) is -0.903. The molecule has 0 saturated heterocycles. The third kappa shape index (κ3) is 3.32. The van der Waals surface area contributed by atoms with E-state index in [1.54, 1.807) is 24.3 Å². The highest BCUT2D eigenvalue weighted by Crippen LogP contribution is 2.26. The molecule has 0 heterocycles. The summed E-state index contributed by atoms with van der Waals surface area (Å²) in [6, 6.07) is 8.90. The van der Waals surface area contributed by atoms with Gasteiger partial charge in [-0.15, -0.1) is 0 Å². The van der Waals surface area contributed by atoms with E-state index in [4.69, 9.17) is 23.2 Å². The molecule has 0 aliphatic carbocycles. The van der Waals surface area contributed by atoms with Gasteiger partial charge in [-0.05, 0) is 42.0 Å². The van der Waals surface area contributed by atoms with E-state index in [0.717, 1.165) is 5.56 Å². The summed E-state index contributed by atoms with van der Waals surface area (Å²) in [5.41, 5.74) is 1.01. The van der Waals surface area contributed by atoms with Crippen molar-refractivity contribution in [2.75, 3.05) is 0 Å². The maximum atomic E-state index is 11.9. The van der Waals surface area contributed by atoms with Gasteiger partial charge in [-0.2, -0.15) is 0 Å². The molecule has 0 aromatic heterocycles. The van der Waals surface area contributed by atoms with Crippen LogP contribution in [0.25, 0.3) is 6.08 Å². The maximum absolute atomic E-state index is 11.9. The van der Waals surface area contributed by atoms with E-state index in [9.17, 15) is 15.0 Å². The standard InChI is InChI=1S/C15H10Cl2O3/c16-11-4-1-9(7-12(11)17)2-5-13(18)10-3-6-14(19)15(20)8-10/h1-8,19-20H/b5-2+. The minimum absolute atomic E-state index is 0.269. The predicted molar refractivity (Wildman–Crippen MR) is 79.6 cm³/mol. The number of phenols is 2. The number of hydrogen-bond acceptors (Lipinski definition) is 3. The van der Waals surface area contributed by atoms with Crippen molar-refractivity contribution in [2.45, 2.75) is 0 Å². The fourth-order valence-corrected chi connectivity index (χ4v) is 1.87. The van der Waals surface area contributed by atoms with Crippen molar-refractivity contribution in [2.24, 2.45) is 0 Å². The number of rotatable bonds is 3. The number of carbonyl (C=O) groups excluding carboxylic acids is 1. The molecular weight excluding hydrogens is 299 g/mol. The van der Waals surface area contributed by atoms with Gasteiger partial charge >= 0.3 is 0 Å². The van der Waals surface area contributed by atoms with Crippen LogP contribution >= 0.6 is 23.2 Å². The Kier molecular flexibility index (Phi) is 4.32. The number of allylic oxidation sites excluding steroid dienone is 1. The van der Waals surface area contributed by atoms with Crippen LogP contribution in [0.4, 0.5) is 0 Å². The smallest absolute Gasteiger partial charge is 0.185 e. The highest BCUT2D eigenvalue weighted by Gasteiger charge is 2.06. The Hall–Kier alpha value is -1.97. The number of halogens is 2. The summed E-state index contributed by atoms with van der Waals surface area (Å²) >= 11 is 11.7. The van der Waals surface area contributed by atoms with Crippen LogP contribution in [-0.4, -0.2) is 16.0 Å².